The van der Waals surface area contributed by atoms with Crippen molar-refractivity contribution >= 4 is 5.91 Å². The standard InChI is InChI=1S/C17H28N2O2/c1-5-6-7-14-8-10-15(11-9-14)21-13(2)12-17(3,19-4)16(18)20/h8-11,13,19H,5-7,12H2,1-4H3,(H2,18,20). The van der Waals surface area contributed by atoms with Gasteiger partial charge in [0.05, 0.1) is 11.6 Å². The Morgan fingerprint density at radius 1 is 1.38 bits per heavy atom. The van der Waals surface area contributed by atoms with Crippen LogP contribution in [0.25, 0.3) is 0 Å². The van der Waals surface area contributed by atoms with E-state index in [1.807, 2.05) is 19.1 Å². The van der Waals surface area contributed by atoms with E-state index in [0.717, 1.165) is 12.2 Å². The number of primary amides is 1. The van der Waals surface area contributed by atoms with Crippen LogP contribution in [0.5, 0.6) is 5.75 Å². The summed E-state index contributed by atoms with van der Waals surface area (Å²) in [5.74, 6) is 0.459. The summed E-state index contributed by atoms with van der Waals surface area (Å²) >= 11 is 0. The molecule has 1 amide bonds. The third-order valence-electron chi connectivity index (χ3n) is 3.87. The topological polar surface area (TPSA) is 64.3 Å². The molecule has 1 aromatic rings. The average molecular weight is 292 g/mol. The average Bonchev–Trinajstić information content (AvgIpc) is 2.46. The first-order chi connectivity index (χ1) is 9.91. The Balaban J connectivity index is 2.58. The molecule has 0 spiro atoms. The maximum Gasteiger partial charge on any atom is 0.237 e. The minimum atomic E-state index is -0.750. The fourth-order valence-electron chi connectivity index (χ4n) is 2.29. The Morgan fingerprint density at radius 3 is 2.48 bits per heavy atom. The maximum atomic E-state index is 11.5. The Hall–Kier alpha value is -1.55. The molecule has 0 saturated heterocycles. The lowest BCUT2D eigenvalue weighted by atomic mass is 9.94. The summed E-state index contributed by atoms with van der Waals surface area (Å²) in [6, 6.07) is 8.18. The summed E-state index contributed by atoms with van der Waals surface area (Å²) in [4.78, 5) is 11.5. The van der Waals surface area contributed by atoms with E-state index in [2.05, 4.69) is 24.4 Å². The van der Waals surface area contributed by atoms with Crippen molar-refractivity contribution in [3.8, 4) is 5.75 Å². The molecule has 0 heterocycles. The molecule has 3 N–H and O–H groups in total. The lowest BCUT2D eigenvalue weighted by Gasteiger charge is -2.28. The van der Waals surface area contributed by atoms with Crippen LogP contribution in [-0.4, -0.2) is 24.6 Å². The molecule has 1 rings (SSSR count). The van der Waals surface area contributed by atoms with Crippen LogP contribution < -0.4 is 15.8 Å². The summed E-state index contributed by atoms with van der Waals surface area (Å²) in [6.07, 6.45) is 3.93. The van der Waals surface area contributed by atoms with Gasteiger partial charge in [-0.1, -0.05) is 25.5 Å². The van der Waals surface area contributed by atoms with Gasteiger partial charge in [-0.05, 0) is 51.4 Å². The fraction of sp³-hybridized carbons (Fsp3) is 0.588. The number of nitrogens with one attached hydrogen (secondary N) is 1. The molecule has 0 aliphatic heterocycles. The van der Waals surface area contributed by atoms with E-state index < -0.39 is 5.54 Å². The lowest BCUT2D eigenvalue weighted by molar-refractivity contribution is -0.124. The second kappa shape index (κ2) is 8.03. The molecule has 4 nitrogen and oxygen atoms in total. The molecule has 0 bridgehead atoms. The van der Waals surface area contributed by atoms with Gasteiger partial charge >= 0.3 is 0 Å². The van der Waals surface area contributed by atoms with E-state index in [1.54, 1.807) is 14.0 Å². The number of rotatable bonds is 9. The summed E-state index contributed by atoms with van der Waals surface area (Å²) in [6.45, 7) is 5.93. The highest BCUT2D eigenvalue weighted by atomic mass is 16.5. The molecule has 2 atom stereocenters. The molecule has 0 radical (unpaired) electrons. The van der Waals surface area contributed by atoms with Gasteiger partial charge in [-0.2, -0.15) is 0 Å². The quantitative estimate of drug-likeness (QED) is 0.735. The van der Waals surface area contributed by atoms with Gasteiger partial charge in [0.25, 0.3) is 0 Å². The highest BCUT2D eigenvalue weighted by Gasteiger charge is 2.31. The molecule has 21 heavy (non-hydrogen) atoms. The third-order valence-corrected chi connectivity index (χ3v) is 3.87. The SMILES string of the molecule is CCCCc1ccc(OC(C)CC(C)(NC)C(N)=O)cc1. The number of ether oxygens (including phenoxy) is 1. The summed E-state index contributed by atoms with van der Waals surface area (Å²) < 4.78 is 5.87. The second-order valence-corrected chi connectivity index (χ2v) is 5.83. The zero-order chi connectivity index (χ0) is 15.9. The molecule has 0 aromatic heterocycles. The van der Waals surface area contributed by atoms with Crippen molar-refractivity contribution in [2.75, 3.05) is 7.05 Å². The van der Waals surface area contributed by atoms with E-state index in [0.29, 0.717) is 6.42 Å². The van der Waals surface area contributed by atoms with Gasteiger partial charge in [0, 0.05) is 6.42 Å². The summed E-state index contributed by atoms with van der Waals surface area (Å²) in [7, 11) is 1.74. The molecular weight excluding hydrogens is 264 g/mol. The number of carbonyl (C=O) groups excluding carboxylic acids is 1. The Bertz CT molecular complexity index is 445. The van der Waals surface area contributed by atoms with Crippen LogP contribution in [0.2, 0.25) is 0 Å². The van der Waals surface area contributed by atoms with Crippen LogP contribution in [0.1, 0.15) is 45.6 Å². The van der Waals surface area contributed by atoms with E-state index in [4.69, 9.17) is 10.5 Å². The zero-order valence-electron chi connectivity index (χ0n) is 13.6. The summed E-state index contributed by atoms with van der Waals surface area (Å²) in [5, 5.41) is 2.97. The predicted molar refractivity (Wildman–Crippen MR) is 86.4 cm³/mol. The lowest BCUT2D eigenvalue weighted by Crippen LogP contribution is -2.53. The number of nitrogens with two attached hydrogens (primary N) is 1. The monoisotopic (exact) mass is 292 g/mol. The van der Waals surface area contributed by atoms with Gasteiger partial charge in [0.1, 0.15) is 5.75 Å². The second-order valence-electron chi connectivity index (χ2n) is 5.83. The largest absolute Gasteiger partial charge is 0.491 e. The van der Waals surface area contributed by atoms with Crippen molar-refractivity contribution in [3.63, 3.8) is 0 Å². The van der Waals surface area contributed by atoms with E-state index in [1.165, 1.54) is 18.4 Å². The first-order valence-corrected chi connectivity index (χ1v) is 7.65. The van der Waals surface area contributed by atoms with E-state index >= 15 is 0 Å². The van der Waals surface area contributed by atoms with Gasteiger partial charge in [-0.3, -0.25) is 4.79 Å². The number of hydrogen-bond acceptors (Lipinski definition) is 3. The first kappa shape index (κ1) is 17.5. The number of carbonyl (C=O) groups is 1. The minimum Gasteiger partial charge on any atom is -0.491 e. The van der Waals surface area contributed by atoms with Crippen molar-refractivity contribution < 1.29 is 9.53 Å². The van der Waals surface area contributed by atoms with Gasteiger partial charge < -0.3 is 15.8 Å². The van der Waals surface area contributed by atoms with E-state index in [-0.39, 0.29) is 12.0 Å². The van der Waals surface area contributed by atoms with Crippen LogP contribution in [0, 0.1) is 0 Å². The van der Waals surface area contributed by atoms with E-state index in [9.17, 15) is 4.79 Å². The van der Waals surface area contributed by atoms with Gasteiger partial charge in [-0.25, -0.2) is 0 Å². The van der Waals surface area contributed by atoms with Gasteiger partial charge in [0.15, 0.2) is 0 Å². The third kappa shape index (κ3) is 5.38. The fourth-order valence-corrected chi connectivity index (χ4v) is 2.29. The molecule has 4 heteroatoms. The number of benzene rings is 1. The number of amides is 1. The molecular formula is C17H28N2O2. The van der Waals surface area contributed by atoms with Crippen LogP contribution in [0.3, 0.4) is 0 Å². The first-order valence-electron chi connectivity index (χ1n) is 7.65. The van der Waals surface area contributed by atoms with Crippen molar-refractivity contribution in [1.82, 2.24) is 5.32 Å². The Kier molecular flexibility index (Phi) is 6.69. The van der Waals surface area contributed by atoms with Crippen LogP contribution in [0.4, 0.5) is 0 Å². The molecule has 2 unspecified atom stereocenters. The summed E-state index contributed by atoms with van der Waals surface area (Å²) in [5.41, 5.74) is 6.01. The Labute approximate surface area is 128 Å². The van der Waals surface area contributed by atoms with Gasteiger partial charge in [0.2, 0.25) is 5.91 Å². The van der Waals surface area contributed by atoms with Crippen molar-refractivity contribution in [1.29, 1.82) is 0 Å². The zero-order valence-corrected chi connectivity index (χ0v) is 13.6. The molecule has 0 fully saturated rings. The molecule has 1 aromatic carbocycles. The predicted octanol–water partition coefficient (Wildman–Crippen LogP) is 2.65. The van der Waals surface area contributed by atoms with Crippen LogP contribution in [-0.2, 0) is 11.2 Å². The Morgan fingerprint density at radius 2 is 2.00 bits per heavy atom. The van der Waals surface area contributed by atoms with Crippen molar-refractivity contribution in [2.24, 2.45) is 5.73 Å². The van der Waals surface area contributed by atoms with Crippen molar-refractivity contribution in [2.45, 2.75) is 58.1 Å². The number of unbranched alkanes of at least 4 members (excludes halogenated alkanes) is 1. The number of aryl methyl sites for hydroxylation is 1. The van der Waals surface area contributed by atoms with Crippen LogP contribution in [0.15, 0.2) is 24.3 Å². The molecule has 0 aliphatic carbocycles. The highest BCUT2D eigenvalue weighted by molar-refractivity contribution is 5.84. The molecule has 0 saturated carbocycles. The van der Waals surface area contributed by atoms with Crippen LogP contribution >= 0.6 is 0 Å². The number of likely N-dealkylation sites (N-methyl/N-ethyl adjacent to an activating group) is 1. The maximum absolute atomic E-state index is 11.5. The minimum absolute atomic E-state index is 0.101. The normalized spacial score (nSPS) is 15.2. The van der Waals surface area contributed by atoms with Gasteiger partial charge in [-0.15, -0.1) is 0 Å². The van der Waals surface area contributed by atoms with Crippen molar-refractivity contribution in [3.05, 3.63) is 29.8 Å². The number of hydrogen-bond donors (Lipinski definition) is 2. The smallest absolute Gasteiger partial charge is 0.237 e. The molecule has 0 aliphatic rings. The molecule has 118 valence electrons. The highest BCUT2D eigenvalue weighted by Crippen LogP contribution is 2.19.